The zero-order valence-electron chi connectivity index (χ0n) is 12.9. The summed E-state index contributed by atoms with van der Waals surface area (Å²) in [5.41, 5.74) is 0.166. The van der Waals surface area contributed by atoms with Crippen molar-refractivity contribution in [1.82, 2.24) is 14.9 Å². The van der Waals surface area contributed by atoms with Crippen LogP contribution in [0.2, 0.25) is 10.0 Å². The van der Waals surface area contributed by atoms with Gasteiger partial charge in [-0.1, -0.05) is 61.8 Å². The number of halogens is 2. The maximum absolute atomic E-state index is 12.1. The molecule has 0 saturated carbocycles. The standard InChI is InChI=1S/C14H17Cl2N5OS/c1-14(2,3)12-19-20-13(21(12)17)23-7-10(22)18-11-8(15)5-4-6-9(11)16/h4-6H,7,17H2,1-3H3,(H,18,22). The first-order valence-electron chi connectivity index (χ1n) is 6.78. The van der Waals surface area contributed by atoms with Gasteiger partial charge in [-0.3, -0.25) is 4.79 Å². The number of aromatic nitrogens is 3. The summed E-state index contributed by atoms with van der Waals surface area (Å²) >= 11 is 13.2. The van der Waals surface area contributed by atoms with Gasteiger partial charge in [0.1, 0.15) is 0 Å². The average molecular weight is 374 g/mol. The van der Waals surface area contributed by atoms with Crippen LogP contribution >= 0.6 is 35.0 Å². The lowest BCUT2D eigenvalue weighted by Crippen LogP contribution is -2.24. The number of hydrogen-bond donors (Lipinski definition) is 2. The number of hydrogen-bond acceptors (Lipinski definition) is 5. The van der Waals surface area contributed by atoms with Gasteiger partial charge in [-0.2, -0.15) is 0 Å². The molecule has 0 aliphatic rings. The lowest BCUT2D eigenvalue weighted by atomic mass is 9.96. The number of nitrogen functional groups attached to an aromatic ring is 1. The number of nitrogens with two attached hydrogens (primary N) is 1. The molecule has 0 radical (unpaired) electrons. The Labute approximate surface area is 148 Å². The molecule has 0 saturated heterocycles. The summed E-state index contributed by atoms with van der Waals surface area (Å²) in [6, 6.07) is 5.02. The Balaban J connectivity index is 2.02. The Bertz CT molecular complexity index is 706. The van der Waals surface area contributed by atoms with Crippen LogP contribution in [0.5, 0.6) is 0 Å². The molecule has 3 N–H and O–H groups in total. The molecule has 0 fully saturated rings. The smallest absolute Gasteiger partial charge is 0.234 e. The number of para-hydroxylation sites is 1. The third-order valence-electron chi connectivity index (χ3n) is 2.89. The number of anilines is 1. The maximum Gasteiger partial charge on any atom is 0.234 e. The van der Waals surface area contributed by atoms with Crippen LogP contribution in [0.25, 0.3) is 0 Å². The third kappa shape index (κ3) is 4.31. The predicted octanol–water partition coefficient (Wildman–Crippen LogP) is 3.33. The molecule has 9 heteroatoms. The Kier molecular flexibility index (Phi) is 5.44. The SMILES string of the molecule is CC(C)(C)c1nnc(SCC(=O)Nc2c(Cl)cccc2Cl)n1N. The summed E-state index contributed by atoms with van der Waals surface area (Å²) in [6.07, 6.45) is 0. The highest BCUT2D eigenvalue weighted by Crippen LogP contribution is 2.30. The molecule has 2 aromatic rings. The fourth-order valence-corrected chi connectivity index (χ4v) is 2.96. The number of amides is 1. The molecule has 2 rings (SSSR count). The molecule has 6 nitrogen and oxygen atoms in total. The summed E-state index contributed by atoms with van der Waals surface area (Å²) in [7, 11) is 0. The van der Waals surface area contributed by atoms with E-state index in [1.807, 2.05) is 20.8 Å². The van der Waals surface area contributed by atoms with E-state index >= 15 is 0 Å². The number of carbonyl (C=O) groups excluding carboxylic acids is 1. The van der Waals surface area contributed by atoms with Crippen LogP contribution in [0.15, 0.2) is 23.4 Å². The molecular weight excluding hydrogens is 357 g/mol. The quantitative estimate of drug-likeness (QED) is 0.633. The van der Waals surface area contributed by atoms with Gasteiger partial charge < -0.3 is 11.2 Å². The monoisotopic (exact) mass is 373 g/mol. The molecule has 1 amide bonds. The van der Waals surface area contributed by atoms with Crippen LogP contribution in [0.4, 0.5) is 5.69 Å². The molecule has 0 unspecified atom stereocenters. The van der Waals surface area contributed by atoms with Gasteiger partial charge in [0.05, 0.1) is 21.5 Å². The van der Waals surface area contributed by atoms with Gasteiger partial charge in [-0.25, -0.2) is 4.68 Å². The Hall–Kier alpha value is -1.44. The van der Waals surface area contributed by atoms with Gasteiger partial charge in [-0.15, -0.1) is 10.2 Å². The maximum atomic E-state index is 12.1. The first kappa shape index (κ1) is 17.9. The summed E-state index contributed by atoms with van der Waals surface area (Å²) in [5, 5.41) is 12.0. The Morgan fingerprint density at radius 2 is 1.91 bits per heavy atom. The lowest BCUT2D eigenvalue weighted by molar-refractivity contribution is -0.113. The van der Waals surface area contributed by atoms with E-state index in [1.54, 1.807) is 18.2 Å². The third-order valence-corrected chi connectivity index (χ3v) is 4.47. The highest BCUT2D eigenvalue weighted by Gasteiger charge is 2.23. The summed E-state index contributed by atoms with van der Waals surface area (Å²) in [5.74, 6) is 6.47. The van der Waals surface area contributed by atoms with E-state index in [1.165, 1.54) is 16.4 Å². The van der Waals surface area contributed by atoms with Crippen molar-refractivity contribution in [3.63, 3.8) is 0 Å². The van der Waals surface area contributed by atoms with Crippen molar-refractivity contribution in [1.29, 1.82) is 0 Å². The molecule has 0 spiro atoms. The number of nitrogens with one attached hydrogen (secondary N) is 1. The Morgan fingerprint density at radius 1 is 1.30 bits per heavy atom. The number of nitrogens with zero attached hydrogens (tertiary/aromatic N) is 3. The van der Waals surface area contributed by atoms with Crippen LogP contribution < -0.4 is 11.2 Å². The molecule has 0 aliphatic heterocycles. The van der Waals surface area contributed by atoms with E-state index in [9.17, 15) is 4.79 Å². The zero-order valence-corrected chi connectivity index (χ0v) is 15.3. The van der Waals surface area contributed by atoms with Crippen molar-refractivity contribution in [3.8, 4) is 0 Å². The molecular formula is C14H17Cl2N5OS. The minimum Gasteiger partial charge on any atom is -0.336 e. The van der Waals surface area contributed by atoms with E-state index < -0.39 is 0 Å². The van der Waals surface area contributed by atoms with Crippen LogP contribution in [0.1, 0.15) is 26.6 Å². The van der Waals surface area contributed by atoms with Gasteiger partial charge >= 0.3 is 0 Å². The average Bonchev–Trinajstić information content (AvgIpc) is 2.82. The van der Waals surface area contributed by atoms with Crippen LogP contribution in [0, 0.1) is 0 Å². The number of benzene rings is 1. The van der Waals surface area contributed by atoms with E-state index in [2.05, 4.69) is 15.5 Å². The second-order valence-electron chi connectivity index (χ2n) is 5.86. The van der Waals surface area contributed by atoms with Crippen molar-refractivity contribution >= 4 is 46.6 Å². The molecule has 1 aromatic carbocycles. The summed E-state index contributed by atoms with van der Waals surface area (Å²) < 4.78 is 1.40. The van der Waals surface area contributed by atoms with E-state index in [4.69, 9.17) is 29.0 Å². The molecule has 1 aromatic heterocycles. The predicted molar refractivity (Wildman–Crippen MR) is 94.7 cm³/mol. The minimum atomic E-state index is -0.259. The topological polar surface area (TPSA) is 85.8 Å². The van der Waals surface area contributed by atoms with Crippen molar-refractivity contribution < 1.29 is 4.79 Å². The summed E-state index contributed by atoms with van der Waals surface area (Å²) in [6.45, 7) is 5.96. The van der Waals surface area contributed by atoms with Gasteiger partial charge in [0.25, 0.3) is 0 Å². The van der Waals surface area contributed by atoms with E-state index in [-0.39, 0.29) is 17.1 Å². The van der Waals surface area contributed by atoms with Gasteiger partial charge in [0.2, 0.25) is 11.1 Å². The normalized spacial score (nSPS) is 11.5. The van der Waals surface area contributed by atoms with E-state index in [0.717, 1.165) is 0 Å². The van der Waals surface area contributed by atoms with Crippen LogP contribution in [-0.2, 0) is 10.2 Å². The fourth-order valence-electron chi connectivity index (χ4n) is 1.81. The Morgan fingerprint density at radius 3 is 2.43 bits per heavy atom. The van der Waals surface area contributed by atoms with Crippen LogP contribution in [-0.4, -0.2) is 26.5 Å². The van der Waals surface area contributed by atoms with Gasteiger partial charge in [0, 0.05) is 5.41 Å². The van der Waals surface area contributed by atoms with Crippen molar-refractivity contribution in [2.75, 3.05) is 16.9 Å². The highest BCUT2D eigenvalue weighted by molar-refractivity contribution is 7.99. The van der Waals surface area contributed by atoms with Crippen LogP contribution in [0.3, 0.4) is 0 Å². The first-order valence-corrected chi connectivity index (χ1v) is 8.52. The lowest BCUT2D eigenvalue weighted by Gasteiger charge is -2.16. The largest absolute Gasteiger partial charge is 0.336 e. The van der Waals surface area contributed by atoms with E-state index in [0.29, 0.717) is 26.7 Å². The molecule has 124 valence electrons. The minimum absolute atomic E-state index is 0.112. The number of rotatable bonds is 4. The molecule has 0 atom stereocenters. The molecule has 0 aliphatic carbocycles. The highest BCUT2D eigenvalue weighted by atomic mass is 35.5. The zero-order chi connectivity index (χ0) is 17.2. The molecule has 23 heavy (non-hydrogen) atoms. The van der Waals surface area contributed by atoms with Gasteiger partial charge in [0.15, 0.2) is 5.82 Å². The second-order valence-corrected chi connectivity index (χ2v) is 7.62. The van der Waals surface area contributed by atoms with Crippen molar-refractivity contribution in [2.45, 2.75) is 31.3 Å². The van der Waals surface area contributed by atoms with Crippen molar-refractivity contribution in [2.24, 2.45) is 0 Å². The second kappa shape index (κ2) is 6.98. The van der Waals surface area contributed by atoms with Gasteiger partial charge in [-0.05, 0) is 12.1 Å². The number of carbonyl (C=O) groups is 1. The number of thioether (sulfide) groups is 1. The fraction of sp³-hybridized carbons (Fsp3) is 0.357. The molecule has 1 heterocycles. The summed E-state index contributed by atoms with van der Waals surface area (Å²) in [4.78, 5) is 12.1. The molecule has 0 bridgehead atoms. The van der Waals surface area contributed by atoms with Crippen molar-refractivity contribution in [3.05, 3.63) is 34.1 Å². The first-order chi connectivity index (χ1) is 10.7.